The van der Waals surface area contributed by atoms with Gasteiger partial charge in [-0.3, -0.25) is 0 Å². The van der Waals surface area contributed by atoms with Crippen LogP contribution in [-0.2, 0) is 6.42 Å². The fraction of sp³-hybridized carbons (Fsp3) is 0.368. The van der Waals surface area contributed by atoms with Gasteiger partial charge in [-0.1, -0.05) is 47.5 Å². The minimum atomic E-state index is 0.371. The molecule has 1 atom stereocenters. The molecule has 0 bridgehead atoms. The summed E-state index contributed by atoms with van der Waals surface area (Å²) in [5.74, 6) is 0. The van der Waals surface area contributed by atoms with Crippen LogP contribution in [0, 0.1) is 27.7 Å². The molecule has 106 valence electrons. The van der Waals surface area contributed by atoms with E-state index in [1.807, 2.05) is 7.05 Å². The number of hydrogen-bond donors (Lipinski definition) is 1. The Kier molecular flexibility index (Phi) is 4.61. The Morgan fingerprint density at radius 1 is 0.850 bits per heavy atom. The van der Waals surface area contributed by atoms with Gasteiger partial charge in [0.05, 0.1) is 0 Å². The van der Waals surface area contributed by atoms with Crippen LogP contribution in [0.1, 0.15) is 39.4 Å². The predicted octanol–water partition coefficient (Wildman–Crippen LogP) is 4.42. The second-order valence-electron chi connectivity index (χ2n) is 5.89. The Morgan fingerprint density at radius 2 is 1.50 bits per heavy atom. The molecule has 0 spiro atoms. The van der Waals surface area contributed by atoms with Gasteiger partial charge >= 0.3 is 0 Å². The number of aryl methyl sites for hydroxylation is 4. The molecule has 0 aromatic heterocycles. The Bertz CT molecular complexity index is 578. The first-order chi connectivity index (χ1) is 9.49. The number of likely N-dealkylation sites (N-methyl/N-ethyl adjacent to an activating group) is 1. The summed E-state index contributed by atoms with van der Waals surface area (Å²) in [4.78, 5) is 0. The predicted molar refractivity (Wildman–Crippen MR) is 87.3 cm³/mol. The highest BCUT2D eigenvalue weighted by molar-refractivity contribution is 5.34. The lowest BCUT2D eigenvalue weighted by Crippen LogP contribution is -2.19. The van der Waals surface area contributed by atoms with E-state index >= 15 is 0 Å². The zero-order chi connectivity index (χ0) is 14.7. The Morgan fingerprint density at radius 3 is 2.05 bits per heavy atom. The van der Waals surface area contributed by atoms with Gasteiger partial charge in [0.25, 0.3) is 0 Å². The Balaban J connectivity index is 2.26. The maximum atomic E-state index is 3.45. The summed E-state index contributed by atoms with van der Waals surface area (Å²) in [5.41, 5.74) is 8.18. The highest BCUT2D eigenvalue weighted by Crippen LogP contribution is 2.22. The van der Waals surface area contributed by atoms with E-state index in [1.165, 1.54) is 33.4 Å². The van der Waals surface area contributed by atoms with Crippen molar-refractivity contribution in [3.05, 3.63) is 69.8 Å². The van der Waals surface area contributed by atoms with Crippen LogP contribution in [0.4, 0.5) is 0 Å². The van der Waals surface area contributed by atoms with Gasteiger partial charge in [0.2, 0.25) is 0 Å². The Hall–Kier alpha value is -1.60. The van der Waals surface area contributed by atoms with Gasteiger partial charge < -0.3 is 5.32 Å². The van der Waals surface area contributed by atoms with Crippen molar-refractivity contribution >= 4 is 0 Å². The minimum Gasteiger partial charge on any atom is -0.313 e. The second-order valence-corrected chi connectivity index (χ2v) is 5.89. The van der Waals surface area contributed by atoms with Crippen molar-refractivity contribution in [3.63, 3.8) is 0 Å². The van der Waals surface area contributed by atoms with Gasteiger partial charge in [-0.25, -0.2) is 0 Å². The van der Waals surface area contributed by atoms with Crippen LogP contribution in [0.3, 0.4) is 0 Å². The molecule has 1 heteroatoms. The summed E-state index contributed by atoms with van der Waals surface area (Å²) in [7, 11) is 2.04. The molecule has 0 fully saturated rings. The average molecular weight is 267 g/mol. The first-order valence-corrected chi connectivity index (χ1v) is 7.31. The number of rotatable bonds is 4. The third kappa shape index (κ3) is 3.49. The lowest BCUT2D eigenvalue weighted by molar-refractivity contribution is 0.591. The summed E-state index contributed by atoms with van der Waals surface area (Å²) in [6, 6.07) is 13.9. The molecule has 0 saturated heterocycles. The number of benzene rings is 2. The molecule has 1 N–H and O–H groups in total. The molecule has 0 amide bonds. The average Bonchev–Trinajstić information content (AvgIpc) is 2.38. The van der Waals surface area contributed by atoms with Gasteiger partial charge in [0.15, 0.2) is 0 Å². The van der Waals surface area contributed by atoms with E-state index in [9.17, 15) is 0 Å². The lowest BCUT2D eigenvalue weighted by atomic mass is 9.94. The van der Waals surface area contributed by atoms with Gasteiger partial charge in [0.1, 0.15) is 0 Å². The lowest BCUT2D eigenvalue weighted by Gasteiger charge is -2.18. The van der Waals surface area contributed by atoms with Crippen molar-refractivity contribution in [2.24, 2.45) is 0 Å². The Labute approximate surface area is 123 Å². The fourth-order valence-electron chi connectivity index (χ4n) is 2.79. The van der Waals surface area contributed by atoms with E-state index in [0.717, 1.165) is 6.42 Å². The van der Waals surface area contributed by atoms with Gasteiger partial charge in [-0.05, 0) is 63.4 Å². The number of hydrogen-bond acceptors (Lipinski definition) is 1. The highest BCUT2D eigenvalue weighted by Gasteiger charge is 2.11. The topological polar surface area (TPSA) is 12.0 Å². The van der Waals surface area contributed by atoms with Gasteiger partial charge in [0, 0.05) is 6.04 Å². The third-order valence-electron chi connectivity index (χ3n) is 4.00. The van der Waals surface area contributed by atoms with Crippen molar-refractivity contribution in [2.75, 3.05) is 7.05 Å². The molecule has 0 radical (unpaired) electrons. The molecule has 0 aliphatic heterocycles. The van der Waals surface area contributed by atoms with E-state index in [1.54, 1.807) is 0 Å². The van der Waals surface area contributed by atoms with Crippen LogP contribution >= 0.6 is 0 Å². The summed E-state index contributed by atoms with van der Waals surface area (Å²) < 4.78 is 0. The third-order valence-corrected chi connectivity index (χ3v) is 4.00. The van der Waals surface area contributed by atoms with Crippen LogP contribution in [0.2, 0.25) is 0 Å². The fourth-order valence-corrected chi connectivity index (χ4v) is 2.79. The van der Waals surface area contributed by atoms with Crippen molar-refractivity contribution in [2.45, 2.75) is 40.2 Å². The molecule has 2 rings (SSSR count). The quantitative estimate of drug-likeness (QED) is 0.864. The van der Waals surface area contributed by atoms with Crippen molar-refractivity contribution in [3.8, 4) is 0 Å². The van der Waals surface area contributed by atoms with Crippen LogP contribution < -0.4 is 5.32 Å². The summed E-state index contributed by atoms with van der Waals surface area (Å²) in [5, 5.41) is 3.45. The molecule has 2 aromatic rings. The van der Waals surface area contributed by atoms with E-state index in [2.05, 4.69) is 69.4 Å². The summed E-state index contributed by atoms with van der Waals surface area (Å²) >= 11 is 0. The van der Waals surface area contributed by atoms with E-state index in [-0.39, 0.29) is 0 Å². The zero-order valence-corrected chi connectivity index (χ0v) is 13.2. The molecule has 0 aliphatic carbocycles. The van der Waals surface area contributed by atoms with Gasteiger partial charge in [-0.15, -0.1) is 0 Å². The summed E-state index contributed by atoms with van der Waals surface area (Å²) in [6.45, 7) is 8.68. The zero-order valence-electron chi connectivity index (χ0n) is 13.2. The molecule has 2 aromatic carbocycles. The maximum absolute atomic E-state index is 3.45. The van der Waals surface area contributed by atoms with Crippen LogP contribution in [0.15, 0.2) is 36.4 Å². The highest BCUT2D eigenvalue weighted by atomic mass is 14.9. The smallest absolute Gasteiger partial charge is 0.0358 e. The molecular formula is C19H25N. The monoisotopic (exact) mass is 267 g/mol. The van der Waals surface area contributed by atoms with Crippen LogP contribution in [0.25, 0.3) is 0 Å². The normalized spacial score (nSPS) is 12.4. The van der Waals surface area contributed by atoms with Crippen molar-refractivity contribution < 1.29 is 0 Å². The standard InChI is InChI=1S/C19H25N/c1-13-8-14(2)10-17(9-13)12-19(20-5)18-7-6-15(3)16(4)11-18/h6-11,19-20H,12H2,1-5H3. The van der Waals surface area contributed by atoms with E-state index < -0.39 is 0 Å². The molecule has 0 heterocycles. The van der Waals surface area contributed by atoms with E-state index in [0.29, 0.717) is 6.04 Å². The SMILES string of the molecule is CNC(Cc1cc(C)cc(C)c1)c1ccc(C)c(C)c1. The molecule has 0 aliphatic rings. The molecule has 0 saturated carbocycles. The summed E-state index contributed by atoms with van der Waals surface area (Å²) in [6.07, 6.45) is 1.03. The van der Waals surface area contributed by atoms with Gasteiger partial charge in [-0.2, -0.15) is 0 Å². The molecule has 1 unspecified atom stereocenters. The minimum absolute atomic E-state index is 0.371. The van der Waals surface area contributed by atoms with Crippen LogP contribution in [0.5, 0.6) is 0 Å². The van der Waals surface area contributed by atoms with Crippen molar-refractivity contribution in [1.82, 2.24) is 5.32 Å². The molecule has 1 nitrogen and oxygen atoms in total. The van der Waals surface area contributed by atoms with E-state index in [4.69, 9.17) is 0 Å². The van der Waals surface area contributed by atoms with Crippen molar-refractivity contribution in [1.29, 1.82) is 0 Å². The number of nitrogens with one attached hydrogen (secondary N) is 1. The largest absolute Gasteiger partial charge is 0.313 e. The second kappa shape index (κ2) is 6.23. The first kappa shape index (κ1) is 14.8. The molecule has 20 heavy (non-hydrogen) atoms. The molecular weight excluding hydrogens is 242 g/mol. The first-order valence-electron chi connectivity index (χ1n) is 7.31. The van der Waals surface area contributed by atoms with Crippen LogP contribution in [-0.4, -0.2) is 7.05 Å². The maximum Gasteiger partial charge on any atom is 0.0358 e.